The van der Waals surface area contributed by atoms with Crippen molar-refractivity contribution in [2.45, 2.75) is 30.6 Å². The Morgan fingerprint density at radius 1 is 0.745 bits per heavy atom. The largest absolute Gasteiger partial charge is 0.321 e. The second-order valence-electron chi connectivity index (χ2n) is 11.6. The van der Waals surface area contributed by atoms with Crippen molar-refractivity contribution in [2.75, 3.05) is 11.1 Å². The van der Waals surface area contributed by atoms with Crippen LogP contribution in [0.4, 0.5) is 5.69 Å². The quantitative estimate of drug-likeness (QED) is 0.130. The van der Waals surface area contributed by atoms with Gasteiger partial charge in [0, 0.05) is 27.2 Å². The Labute approximate surface area is 277 Å². The summed E-state index contributed by atoms with van der Waals surface area (Å²) in [4.78, 5) is 41.4. The van der Waals surface area contributed by atoms with Crippen molar-refractivity contribution in [3.63, 3.8) is 0 Å². The minimum Gasteiger partial charge on any atom is -0.321 e. The molecule has 2 N–H and O–H groups in total. The summed E-state index contributed by atoms with van der Waals surface area (Å²) in [6.45, 7) is 0. The Hall–Kier alpha value is -5.40. The molecule has 0 spiro atoms. The lowest BCUT2D eigenvalue weighted by Crippen LogP contribution is -2.30. The molecule has 6 nitrogen and oxygen atoms in total. The molecule has 0 unspecified atom stereocenters. The lowest BCUT2D eigenvalue weighted by atomic mass is 9.96. The number of carbonyl (C=O) groups is 3. The maximum Gasteiger partial charge on any atom is 0.272 e. The van der Waals surface area contributed by atoms with Gasteiger partial charge in [0.05, 0.1) is 11.3 Å². The van der Waals surface area contributed by atoms with E-state index in [0.717, 1.165) is 58.1 Å². The van der Waals surface area contributed by atoms with Gasteiger partial charge in [0.2, 0.25) is 5.91 Å². The lowest BCUT2D eigenvalue weighted by Gasteiger charge is -2.15. The van der Waals surface area contributed by atoms with Crippen molar-refractivity contribution in [2.24, 2.45) is 0 Å². The molecule has 0 fully saturated rings. The first-order chi connectivity index (χ1) is 23.0. The number of para-hydroxylation sites is 1. The van der Waals surface area contributed by atoms with E-state index in [0.29, 0.717) is 11.3 Å². The highest BCUT2D eigenvalue weighted by molar-refractivity contribution is 8.00. The van der Waals surface area contributed by atoms with Gasteiger partial charge in [0.1, 0.15) is 5.70 Å². The topological polar surface area (TPSA) is 80.2 Å². The van der Waals surface area contributed by atoms with Crippen LogP contribution in [0.3, 0.4) is 0 Å². The van der Waals surface area contributed by atoms with Crippen LogP contribution in [0.25, 0.3) is 27.8 Å². The number of hydrogen-bond donors (Lipinski definition) is 2. The molecule has 1 aliphatic carbocycles. The summed E-state index contributed by atoms with van der Waals surface area (Å²) in [7, 11) is 0. The van der Waals surface area contributed by atoms with E-state index in [2.05, 4.69) is 16.7 Å². The first-order valence-electron chi connectivity index (χ1n) is 15.8. The molecule has 0 aliphatic heterocycles. The minimum atomic E-state index is -0.453. The predicted molar refractivity (Wildman–Crippen MR) is 191 cm³/mol. The van der Waals surface area contributed by atoms with Crippen LogP contribution in [-0.4, -0.2) is 28.0 Å². The van der Waals surface area contributed by atoms with Gasteiger partial charge in [-0.1, -0.05) is 84.9 Å². The van der Waals surface area contributed by atoms with E-state index in [1.54, 1.807) is 36.4 Å². The normalized spacial score (nSPS) is 12.9. The van der Waals surface area contributed by atoms with Crippen LogP contribution in [0.15, 0.2) is 132 Å². The summed E-state index contributed by atoms with van der Waals surface area (Å²) in [5, 5.41) is 8.97. The van der Waals surface area contributed by atoms with Gasteiger partial charge in [-0.15, -0.1) is 11.8 Å². The molecular weight excluding hydrogens is 603 g/mol. The highest BCUT2D eigenvalue weighted by atomic mass is 32.2. The van der Waals surface area contributed by atoms with Gasteiger partial charge in [-0.2, -0.15) is 0 Å². The third-order valence-corrected chi connectivity index (χ3v) is 9.51. The number of aromatic nitrogens is 1. The third kappa shape index (κ3) is 6.48. The predicted octanol–water partition coefficient (Wildman–Crippen LogP) is 8.52. The molecule has 0 radical (unpaired) electrons. The van der Waals surface area contributed by atoms with Crippen molar-refractivity contribution >= 4 is 62.9 Å². The van der Waals surface area contributed by atoms with Crippen molar-refractivity contribution in [1.82, 2.24) is 9.88 Å². The second kappa shape index (κ2) is 13.5. The zero-order chi connectivity index (χ0) is 32.2. The Kier molecular flexibility index (Phi) is 8.71. The van der Waals surface area contributed by atoms with Crippen LogP contribution in [-0.2, 0) is 17.6 Å². The molecule has 232 valence electrons. The molecule has 0 saturated carbocycles. The van der Waals surface area contributed by atoms with E-state index in [1.807, 2.05) is 89.5 Å². The van der Waals surface area contributed by atoms with Gasteiger partial charge in [-0.25, -0.2) is 0 Å². The number of rotatable bonds is 8. The number of carbonyl (C=O) groups excluding carboxylic acids is 3. The van der Waals surface area contributed by atoms with Crippen LogP contribution in [0, 0.1) is 0 Å². The molecule has 1 aromatic heterocycles. The molecular formula is C40H33N3O3S. The molecule has 1 aliphatic rings. The van der Waals surface area contributed by atoms with E-state index >= 15 is 0 Å². The molecule has 2 amide bonds. The first-order valence-corrected chi connectivity index (χ1v) is 16.8. The average Bonchev–Trinajstić information content (AvgIpc) is 3.45. The third-order valence-electron chi connectivity index (χ3n) is 8.53. The summed E-state index contributed by atoms with van der Waals surface area (Å²) in [5.74, 6) is -0.518. The number of nitrogens with one attached hydrogen (secondary N) is 2. The molecule has 7 rings (SSSR count). The highest BCUT2D eigenvalue weighted by Crippen LogP contribution is 2.33. The molecule has 47 heavy (non-hydrogen) atoms. The number of fused-ring (bicyclic) bond motifs is 4. The van der Waals surface area contributed by atoms with Gasteiger partial charge in [0.15, 0.2) is 0 Å². The van der Waals surface area contributed by atoms with Crippen molar-refractivity contribution in [3.8, 4) is 0 Å². The van der Waals surface area contributed by atoms with Gasteiger partial charge in [-0.3, -0.25) is 19.0 Å². The van der Waals surface area contributed by atoms with Crippen LogP contribution in [0.5, 0.6) is 0 Å². The maximum atomic E-state index is 13.8. The summed E-state index contributed by atoms with van der Waals surface area (Å²) in [6.07, 6.45) is 5.87. The average molecular weight is 636 g/mol. The van der Waals surface area contributed by atoms with Crippen LogP contribution >= 0.6 is 11.8 Å². The van der Waals surface area contributed by atoms with Crippen LogP contribution in [0.2, 0.25) is 0 Å². The van der Waals surface area contributed by atoms with Gasteiger partial charge >= 0.3 is 0 Å². The number of anilines is 1. The number of aryl methyl sites for hydroxylation is 1. The summed E-state index contributed by atoms with van der Waals surface area (Å²) in [5.41, 5.74) is 5.37. The number of thioether (sulfide) groups is 1. The summed E-state index contributed by atoms with van der Waals surface area (Å²) < 4.78 is 1.92. The van der Waals surface area contributed by atoms with E-state index in [-0.39, 0.29) is 23.3 Å². The fourth-order valence-electron chi connectivity index (χ4n) is 6.33. The number of nitrogens with zero attached hydrogens (tertiary/aromatic N) is 1. The van der Waals surface area contributed by atoms with E-state index in [1.165, 1.54) is 22.7 Å². The monoisotopic (exact) mass is 635 g/mol. The van der Waals surface area contributed by atoms with Crippen LogP contribution < -0.4 is 10.6 Å². The fourth-order valence-corrected chi connectivity index (χ4v) is 7.13. The highest BCUT2D eigenvalue weighted by Gasteiger charge is 2.23. The lowest BCUT2D eigenvalue weighted by molar-refractivity contribution is -0.113. The summed E-state index contributed by atoms with van der Waals surface area (Å²) in [6, 6.07) is 38.2. The van der Waals surface area contributed by atoms with Gasteiger partial charge < -0.3 is 10.6 Å². The van der Waals surface area contributed by atoms with Gasteiger partial charge in [0.25, 0.3) is 11.8 Å². The van der Waals surface area contributed by atoms with Crippen LogP contribution in [0.1, 0.15) is 44.8 Å². The van der Waals surface area contributed by atoms with Gasteiger partial charge in [-0.05, 0) is 90.1 Å². The molecule has 0 saturated heterocycles. The van der Waals surface area contributed by atoms with E-state index in [9.17, 15) is 14.4 Å². The SMILES string of the molecule is O=C(Nc1cccc(SCC(=O)n2c3c(c4ccccc42)CCCC3)c1)/C(=C/c1cccc2ccccc12)NC(=O)c1ccccc1. The Bertz CT molecular complexity index is 2160. The number of benzene rings is 5. The zero-order valence-electron chi connectivity index (χ0n) is 25.7. The van der Waals surface area contributed by atoms with Crippen molar-refractivity contribution in [3.05, 3.63) is 149 Å². The van der Waals surface area contributed by atoms with E-state index in [4.69, 9.17) is 0 Å². The maximum absolute atomic E-state index is 13.8. The minimum absolute atomic E-state index is 0.0488. The second-order valence-corrected chi connectivity index (χ2v) is 12.6. The van der Waals surface area contributed by atoms with E-state index < -0.39 is 5.91 Å². The fraction of sp³-hybridized carbons (Fsp3) is 0.125. The Balaban J connectivity index is 1.11. The standard InChI is InChI=1S/C40H33N3O3S/c44-38(43-36-22-8-6-20-33(36)34-21-7-9-23-37(34)43)26-47-31-18-11-17-30(25-31)41-40(46)35(42-39(45)28-13-2-1-3-14-28)24-29-16-10-15-27-12-4-5-19-32(27)29/h1-6,8,10-20,22,24-25H,7,9,21,23,26H2,(H,41,46)(H,42,45)/b35-24-. The van der Waals surface area contributed by atoms with Crippen molar-refractivity contribution in [1.29, 1.82) is 0 Å². The molecule has 0 bridgehead atoms. The molecule has 1 heterocycles. The molecule has 5 aromatic carbocycles. The smallest absolute Gasteiger partial charge is 0.272 e. The molecule has 6 aromatic rings. The first kappa shape index (κ1) is 30.3. The number of amides is 2. The van der Waals surface area contributed by atoms with Crippen molar-refractivity contribution < 1.29 is 14.4 Å². The molecule has 7 heteroatoms. The summed E-state index contributed by atoms with van der Waals surface area (Å²) >= 11 is 1.44. The Morgan fingerprint density at radius 2 is 1.47 bits per heavy atom. The number of hydrogen-bond acceptors (Lipinski definition) is 4. The Morgan fingerprint density at radius 3 is 2.34 bits per heavy atom. The zero-order valence-corrected chi connectivity index (χ0v) is 26.6. The molecule has 0 atom stereocenters.